The van der Waals surface area contributed by atoms with Gasteiger partial charge in [-0.2, -0.15) is 0 Å². The molecule has 1 aliphatic heterocycles. The van der Waals surface area contributed by atoms with E-state index >= 15 is 0 Å². The summed E-state index contributed by atoms with van der Waals surface area (Å²) in [5, 5.41) is 0. The topological polar surface area (TPSA) is 37.4 Å². The lowest BCUT2D eigenvalue weighted by Crippen LogP contribution is -2.45. The zero-order valence-corrected chi connectivity index (χ0v) is 10.4. The maximum atomic E-state index is 12.2. The SMILES string of the molecule is [CH2]C(N1C(=O)c2ccccc2C1=O)C(C)(C)C. The number of fused-ring (bicyclic) bond motifs is 1. The summed E-state index contributed by atoms with van der Waals surface area (Å²) in [5.41, 5.74) is 0.735. The molecule has 1 aromatic rings. The van der Waals surface area contributed by atoms with Crippen molar-refractivity contribution >= 4 is 11.8 Å². The van der Waals surface area contributed by atoms with Gasteiger partial charge in [0.05, 0.1) is 11.1 Å². The Morgan fingerprint density at radius 3 is 1.82 bits per heavy atom. The van der Waals surface area contributed by atoms with Crippen molar-refractivity contribution in [3.63, 3.8) is 0 Å². The number of hydrogen-bond acceptors (Lipinski definition) is 2. The predicted octanol–water partition coefficient (Wildman–Crippen LogP) is 2.53. The van der Waals surface area contributed by atoms with Crippen molar-refractivity contribution in [2.45, 2.75) is 26.8 Å². The van der Waals surface area contributed by atoms with Crippen molar-refractivity contribution in [1.29, 1.82) is 0 Å². The van der Waals surface area contributed by atoms with Crippen LogP contribution < -0.4 is 0 Å². The van der Waals surface area contributed by atoms with E-state index < -0.39 is 0 Å². The van der Waals surface area contributed by atoms with Gasteiger partial charge in [-0.25, -0.2) is 0 Å². The van der Waals surface area contributed by atoms with Crippen molar-refractivity contribution in [3.05, 3.63) is 42.3 Å². The molecule has 3 nitrogen and oxygen atoms in total. The van der Waals surface area contributed by atoms with Crippen LogP contribution in [-0.4, -0.2) is 22.8 Å². The molecular weight excluding hydrogens is 214 g/mol. The summed E-state index contributed by atoms with van der Waals surface area (Å²) in [4.78, 5) is 25.6. The Balaban J connectivity index is 2.44. The normalized spacial score (nSPS) is 17.3. The van der Waals surface area contributed by atoms with E-state index in [1.165, 1.54) is 4.90 Å². The van der Waals surface area contributed by atoms with Gasteiger partial charge in [0.15, 0.2) is 0 Å². The van der Waals surface area contributed by atoms with Crippen LogP contribution in [0.3, 0.4) is 0 Å². The molecule has 0 aromatic heterocycles. The van der Waals surface area contributed by atoms with Crippen molar-refractivity contribution in [2.75, 3.05) is 0 Å². The molecule has 0 saturated heterocycles. The predicted molar refractivity (Wildman–Crippen MR) is 65.5 cm³/mol. The minimum Gasteiger partial charge on any atom is -0.271 e. The number of carbonyl (C=O) groups excluding carboxylic acids is 2. The van der Waals surface area contributed by atoms with E-state index in [4.69, 9.17) is 0 Å². The first kappa shape index (κ1) is 11.8. The molecule has 0 saturated carbocycles. The van der Waals surface area contributed by atoms with Gasteiger partial charge < -0.3 is 0 Å². The van der Waals surface area contributed by atoms with E-state index in [-0.39, 0.29) is 23.3 Å². The van der Waals surface area contributed by atoms with Crippen LogP contribution in [0.25, 0.3) is 0 Å². The Morgan fingerprint density at radius 2 is 1.47 bits per heavy atom. The molecule has 0 N–H and O–H groups in total. The number of rotatable bonds is 1. The average Bonchev–Trinajstić information content (AvgIpc) is 2.51. The number of benzene rings is 1. The standard InChI is InChI=1S/C14H16NO2/c1-9(14(2,3)4)15-12(16)10-7-5-6-8-11(10)13(15)17/h5-9H,1H2,2-4H3. The van der Waals surface area contributed by atoms with Gasteiger partial charge in [-0.15, -0.1) is 0 Å². The molecule has 0 aliphatic carbocycles. The first-order valence-corrected chi connectivity index (χ1v) is 5.64. The Kier molecular flexibility index (Phi) is 2.57. The molecule has 2 rings (SSSR count). The number of carbonyl (C=O) groups is 2. The van der Waals surface area contributed by atoms with E-state index in [2.05, 4.69) is 6.92 Å². The van der Waals surface area contributed by atoms with Crippen LogP contribution in [0.4, 0.5) is 0 Å². The quantitative estimate of drug-likeness (QED) is 0.695. The van der Waals surface area contributed by atoms with Gasteiger partial charge in [-0.05, 0) is 24.5 Å². The van der Waals surface area contributed by atoms with Gasteiger partial charge in [0.2, 0.25) is 0 Å². The van der Waals surface area contributed by atoms with Crippen molar-refractivity contribution in [1.82, 2.24) is 4.90 Å². The maximum Gasteiger partial charge on any atom is 0.261 e. The molecule has 1 unspecified atom stereocenters. The summed E-state index contributed by atoms with van der Waals surface area (Å²) in [6, 6.07) is 6.54. The number of amides is 2. The van der Waals surface area contributed by atoms with Crippen molar-refractivity contribution < 1.29 is 9.59 Å². The molecule has 1 heterocycles. The first-order valence-electron chi connectivity index (χ1n) is 5.64. The smallest absolute Gasteiger partial charge is 0.261 e. The number of imide groups is 1. The molecule has 1 aromatic carbocycles. The second-order valence-electron chi connectivity index (χ2n) is 5.41. The average molecular weight is 230 g/mol. The lowest BCUT2D eigenvalue weighted by atomic mass is 9.87. The fourth-order valence-corrected chi connectivity index (χ4v) is 1.88. The molecule has 1 radical (unpaired) electrons. The Bertz CT molecular complexity index is 450. The summed E-state index contributed by atoms with van der Waals surface area (Å²) in [5.74, 6) is -0.471. The molecular formula is C14H16NO2. The Hall–Kier alpha value is -1.64. The Morgan fingerprint density at radius 1 is 1.06 bits per heavy atom. The van der Waals surface area contributed by atoms with E-state index in [0.29, 0.717) is 11.1 Å². The molecule has 0 fully saturated rings. The minimum absolute atomic E-state index is 0.229. The van der Waals surface area contributed by atoms with Crippen molar-refractivity contribution in [2.24, 2.45) is 5.41 Å². The van der Waals surface area contributed by atoms with E-state index in [0.717, 1.165) is 0 Å². The summed E-state index contributed by atoms with van der Waals surface area (Å²) in [7, 11) is 0. The first-order chi connectivity index (χ1) is 7.84. The molecule has 1 aliphatic rings. The highest BCUT2D eigenvalue weighted by molar-refractivity contribution is 6.21. The zero-order valence-electron chi connectivity index (χ0n) is 10.4. The van der Waals surface area contributed by atoms with E-state index in [1.807, 2.05) is 20.8 Å². The molecule has 2 amide bonds. The van der Waals surface area contributed by atoms with Gasteiger partial charge in [0.25, 0.3) is 11.8 Å². The van der Waals surface area contributed by atoms with Crippen LogP contribution in [-0.2, 0) is 0 Å². The number of nitrogens with zero attached hydrogens (tertiary/aromatic N) is 1. The molecule has 0 spiro atoms. The fourth-order valence-electron chi connectivity index (χ4n) is 1.88. The summed E-state index contributed by atoms with van der Waals surface area (Å²) in [6.45, 7) is 9.86. The second kappa shape index (κ2) is 3.69. The minimum atomic E-state index is -0.366. The third kappa shape index (κ3) is 1.75. The van der Waals surface area contributed by atoms with Crippen LogP contribution in [0.5, 0.6) is 0 Å². The van der Waals surface area contributed by atoms with Crippen molar-refractivity contribution in [3.8, 4) is 0 Å². The highest BCUT2D eigenvalue weighted by Crippen LogP contribution is 2.31. The van der Waals surface area contributed by atoms with Crippen LogP contribution in [0.15, 0.2) is 24.3 Å². The third-order valence-corrected chi connectivity index (χ3v) is 3.14. The van der Waals surface area contributed by atoms with Crippen LogP contribution in [0, 0.1) is 12.3 Å². The number of hydrogen-bond donors (Lipinski definition) is 0. The molecule has 89 valence electrons. The highest BCUT2D eigenvalue weighted by Gasteiger charge is 2.41. The van der Waals surface area contributed by atoms with E-state index in [9.17, 15) is 9.59 Å². The largest absolute Gasteiger partial charge is 0.271 e. The maximum absolute atomic E-state index is 12.2. The van der Waals surface area contributed by atoms with Crippen LogP contribution in [0.2, 0.25) is 0 Å². The van der Waals surface area contributed by atoms with Gasteiger partial charge in [-0.1, -0.05) is 32.9 Å². The summed E-state index contributed by atoms with van der Waals surface area (Å²) < 4.78 is 0. The third-order valence-electron chi connectivity index (χ3n) is 3.14. The van der Waals surface area contributed by atoms with Gasteiger partial charge in [0.1, 0.15) is 0 Å². The Labute approximate surface area is 101 Å². The molecule has 1 atom stereocenters. The monoisotopic (exact) mass is 230 g/mol. The van der Waals surface area contributed by atoms with Gasteiger partial charge in [0, 0.05) is 6.04 Å². The highest BCUT2D eigenvalue weighted by atomic mass is 16.2. The summed E-state index contributed by atoms with van der Waals surface area (Å²) >= 11 is 0. The van der Waals surface area contributed by atoms with Crippen LogP contribution in [0.1, 0.15) is 41.5 Å². The van der Waals surface area contributed by atoms with Gasteiger partial charge >= 0.3 is 0 Å². The molecule has 0 bridgehead atoms. The van der Waals surface area contributed by atoms with E-state index in [1.54, 1.807) is 24.3 Å². The summed E-state index contributed by atoms with van der Waals surface area (Å²) in [6.07, 6.45) is 0. The zero-order chi connectivity index (χ0) is 12.8. The van der Waals surface area contributed by atoms with Gasteiger partial charge in [-0.3, -0.25) is 14.5 Å². The fraction of sp³-hybridized carbons (Fsp3) is 0.357. The lowest BCUT2D eigenvalue weighted by Gasteiger charge is -2.33. The molecule has 17 heavy (non-hydrogen) atoms. The lowest BCUT2D eigenvalue weighted by molar-refractivity contribution is 0.0519. The molecule has 3 heteroatoms. The second-order valence-corrected chi connectivity index (χ2v) is 5.41. The van der Waals surface area contributed by atoms with Crippen LogP contribution >= 0.6 is 0 Å².